The normalized spacial score (nSPS) is 20.5. The number of piperidine rings is 1. The second kappa shape index (κ2) is 5.67. The summed E-state index contributed by atoms with van der Waals surface area (Å²) < 4.78 is 0. The van der Waals surface area contributed by atoms with E-state index >= 15 is 0 Å². The SMILES string of the molecule is CC1(c2nccs2)CCN(C(=O)c2cnc(C3CC3)nc2)CC1. The lowest BCUT2D eigenvalue weighted by atomic mass is 9.81. The van der Waals surface area contributed by atoms with E-state index in [1.54, 1.807) is 23.7 Å². The van der Waals surface area contributed by atoms with E-state index in [4.69, 9.17) is 0 Å². The zero-order chi connectivity index (χ0) is 15.9. The molecule has 120 valence electrons. The van der Waals surface area contributed by atoms with Crippen molar-refractivity contribution in [2.24, 2.45) is 0 Å². The first kappa shape index (κ1) is 14.8. The van der Waals surface area contributed by atoms with Crippen LogP contribution in [0.4, 0.5) is 0 Å². The first-order valence-corrected chi connectivity index (χ1v) is 9.05. The van der Waals surface area contributed by atoms with Crippen LogP contribution in [0.15, 0.2) is 24.0 Å². The largest absolute Gasteiger partial charge is 0.338 e. The fraction of sp³-hybridized carbons (Fsp3) is 0.529. The minimum atomic E-state index is 0.0496. The molecular formula is C17H20N4OS. The number of nitrogens with zero attached hydrogens (tertiary/aromatic N) is 4. The van der Waals surface area contributed by atoms with Gasteiger partial charge < -0.3 is 4.90 Å². The number of likely N-dealkylation sites (tertiary alicyclic amines) is 1. The molecule has 5 nitrogen and oxygen atoms in total. The van der Waals surface area contributed by atoms with Crippen LogP contribution in [0.3, 0.4) is 0 Å². The van der Waals surface area contributed by atoms with E-state index in [9.17, 15) is 4.79 Å². The van der Waals surface area contributed by atoms with Crippen LogP contribution in [0.2, 0.25) is 0 Å². The highest BCUT2D eigenvalue weighted by Gasteiger charge is 2.35. The summed E-state index contributed by atoms with van der Waals surface area (Å²) >= 11 is 1.71. The van der Waals surface area contributed by atoms with Gasteiger partial charge in [0.05, 0.1) is 10.6 Å². The van der Waals surface area contributed by atoms with Gasteiger partial charge in [-0.15, -0.1) is 11.3 Å². The number of hydrogen-bond donors (Lipinski definition) is 0. The second-order valence-electron chi connectivity index (χ2n) is 6.79. The molecule has 0 aromatic carbocycles. The summed E-state index contributed by atoms with van der Waals surface area (Å²) in [6, 6.07) is 0. The quantitative estimate of drug-likeness (QED) is 0.869. The molecule has 1 amide bonds. The summed E-state index contributed by atoms with van der Waals surface area (Å²) in [6.45, 7) is 3.78. The van der Waals surface area contributed by atoms with Gasteiger partial charge in [0, 0.05) is 48.4 Å². The number of rotatable bonds is 3. The minimum absolute atomic E-state index is 0.0496. The molecule has 2 fully saturated rings. The van der Waals surface area contributed by atoms with Gasteiger partial charge in [-0.25, -0.2) is 15.0 Å². The Kier molecular flexibility index (Phi) is 3.64. The maximum atomic E-state index is 12.6. The van der Waals surface area contributed by atoms with Crippen LogP contribution in [0.25, 0.3) is 0 Å². The Morgan fingerprint density at radius 2 is 1.91 bits per heavy atom. The van der Waals surface area contributed by atoms with Crippen molar-refractivity contribution >= 4 is 17.2 Å². The highest BCUT2D eigenvalue weighted by molar-refractivity contribution is 7.09. The summed E-state index contributed by atoms with van der Waals surface area (Å²) in [6.07, 6.45) is 9.50. The molecular weight excluding hydrogens is 308 g/mol. The Morgan fingerprint density at radius 3 is 2.48 bits per heavy atom. The number of aromatic nitrogens is 3. The molecule has 0 radical (unpaired) electrons. The van der Waals surface area contributed by atoms with Crippen LogP contribution in [-0.2, 0) is 5.41 Å². The van der Waals surface area contributed by atoms with E-state index in [-0.39, 0.29) is 11.3 Å². The Labute approximate surface area is 139 Å². The zero-order valence-corrected chi connectivity index (χ0v) is 14.1. The van der Waals surface area contributed by atoms with E-state index in [0.717, 1.165) is 31.8 Å². The molecule has 1 aliphatic heterocycles. The highest BCUT2D eigenvalue weighted by Crippen LogP contribution is 2.38. The summed E-state index contributed by atoms with van der Waals surface area (Å²) in [5.74, 6) is 1.46. The van der Waals surface area contributed by atoms with Crippen molar-refractivity contribution in [1.82, 2.24) is 19.9 Å². The fourth-order valence-electron chi connectivity index (χ4n) is 3.12. The lowest BCUT2D eigenvalue weighted by molar-refractivity contribution is 0.0675. The van der Waals surface area contributed by atoms with E-state index in [1.165, 1.54) is 17.8 Å². The van der Waals surface area contributed by atoms with Gasteiger partial charge in [-0.2, -0.15) is 0 Å². The number of hydrogen-bond acceptors (Lipinski definition) is 5. The molecule has 1 saturated heterocycles. The van der Waals surface area contributed by atoms with Crippen LogP contribution < -0.4 is 0 Å². The smallest absolute Gasteiger partial charge is 0.256 e. The summed E-state index contributed by atoms with van der Waals surface area (Å²) in [5, 5.41) is 3.21. The average Bonchev–Trinajstić information content (AvgIpc) is 3.28. The Balaban J connectivity index is 1.42. The molecule has 0 bridgehead atoms. The van der Waals surface area contributed by atoms with Crippen LogP contribution >= 0.6 is 11.3 Å². The summed E-state index contributed by atoms with van der Waals surface area (Å²) in [7, 11) is 0. The number of carbonyl (C=O) groups is 1. The summed E-state index contributed by atoms with van der Waals surface area (Å²) in [4.78, 5) is 27.7. The fourth-order valence-corrected chi connectivity index (χ4v) is 3.98. The zero-order valence-electron chi connectivity index (χ0n) is 13.2. The minimum Gasteiger partial charge on any atom is -0.338 e. The molecule has 6 heteroatoms. The third-order valence-electron chi connectivity index (χ3n) is 4.96. The standard InChI is InChI=1S/C17H20N4OS/c1-17(16-18-6-9-23-16)4-7-21(8-5-17)15(22)13-10-19-14(20-11-13)12-2-3-12/h6,9-12H,2-5,7-8H2,1H3. The number of amides is 1. The van der Waals surface area contributed by atoms with Gasteiger partial charge in [0.15, 0.2) is 0 Å². The van der Waals surface area contributed by atoms with E-state index < -0.39 is 0 Å². The van der Waals surface area contributed by atoms with Gasteiger partial charge in [0.2, 0.25) is 0 Å². The Bertz CT molecular complexity index is 686. The van der Waals surface area contributed by atoms with Crippen LogP contribution in [0, 0.1) is 0 Å². The predicted octanol–water partition coefficient (Wildman–Crippen LogP) is 3.00. The van der Waals surface area contributed by atoms with E-state index in [0.29, 0.717) is 11.5 Å². The van der Waals surface area contributed by atoms with Gasteiger partial charge in [-0.1, -0.05) is 6.92 Å². The van der Waals surface area contributed by atoms with Crippen molar-refractivity contribution < 1.29 is 4.79 Å². The number of thiazole rings is 1. The second-order valence-corrected chi connectivity index (χ2v) is 7.69. The predicted molar refractivity (Wildman–Crippen MR) is 88.6 cm³/mol. The lowest BCUT2D eigenvalue weighted by Gasteiger charge is -2.38. The van der Waals surface area contributed by atoms with Crippen molar-refractivity contribution in [1.29, 1.82) is 0 Å². The third-order valence-corrected chi connectivity index (χ3v) is 6.04. The molecule has 2 aromatic heterocycles. The molecule has 0 N–H and O–H groups in total. The molecule has 1 saturated carbocycles. The maximum absolute atomic E-state index is 12.6. The van der Waals surface area contributed by atoms with E-state index in [2.05, 4.69) is 21.9 Å². The highest BCUT2D eigenvalue weighted by atomic mass is 32.1. The van der Waals surface area contributed by atoms with Gasteiger partial charge in [0.1, 0.15) is 5.82 Å². The molecule has 2 aromatic rings. The first-order valence-electron chi connectivity index (χ1n) is 8.17. The Morgan fingerprint density at radius 1 is 1.22 bits per heavy atom. The van der Waals surface area contributed by atoms with Gasteiger partial charge >= 0.3 is 0 Å². The van der Waals surface area contributed by atoms with Crippen molar-refractivity contribution in [2.75, 3.05) is 13.1 Å². The lowest BCUT2D eigenvalue weighted by Crippen LogP contribution is -2.44. The van der Waals surface area contributed by atoms with Crippen LogP contribution in [0.5, 0.6) is 0 Å². The van der Waals surface area contributed by atoms with E-state index in [1.807, 2.05) is 16.5 Å². The third kappa shape index (κ3) is 2.87. The van der Waals surface area contributed by atoms with Crippen molar-refractivity contribution in [2.45, 2.75) is 43.9 Å². The maximum Gasteiger partial charge on any atom is 0.256 e. The van der Waals surface area contributed by atoms with Gasteiger partial charge in [0.25, 0.3) is 5.91 Å². The molecule has 0 spiro atoms. The van der Waals surface area contributed by atoms with Crippen LogP contribution in [-0.4, -0.2) is 38.8 Å². The molecule has 23 heavy (non-hydrogen) atoms. The molecule has 0 unspecified atom stereocenters. The molecule has 0 atom stereocenters. The average molecular weight is 328 g/mol. The molecule has 4 rings (SSSR count). The van der Waals surface area contributed by atoms with Crippen molar-refractivity contribution in [3.63, 3.8) is 0 Å². The molecule has 1 aliphatic carbocycles. The Hall–Kier alpha value is -1.82. The monoisotopic (exact) mass is 328 g/mol. The van der Waals surface area contributed by atoms with Crippen LogP contribution in [0.1, 0.15) is 59.7 Å². The van der Waals surface area contributed by atoms with Gasteiger partial charge in [-0.3, -0.25) is 4.79 Å². The first-order chi connectivity index (χ1) is 11.2. The van der Waals surface area contributed by atoms with Crippen molar-refractivity contribution in [3.8, 4) is 0 Å². The summed E-state index contributed by atoms with van der Waals surface area (Å²) in [5.41, 5.74) is 0.698. The number of carbonyl (C=O) groups excluding carboxylic acids is 1. The molecule has 3 heterocycles. The van der Waals surface area contributed by atoms with Crippen molar-refractivity contribution in [3.05, 3.63) is 40.4 Å². The van der Waals surface area contributed by atoms with Gasteiger partial charge in [-0.05, 0) is 25.7 Å². The molecule has 2 aliphatic rings. The topological polar surface area (TPSA) is 59.0 Å².